The van der Waals surface area contributed by atoms with Gasteiger partial charge < -0.3 is 9.47 Å². The molecule has 1 unspecified atom stereocenters. The largest absolute Gasteiger partial charge is 0.559 e. The lowest BCUT2D eigenvalue weighted by Gasteiger charge is -2.14. The summed E-state index contributed by atoms with van der Waals surface area (Å²) in [6.45, 7) is 5.86. The number of aryl methyl sites for hydroxylation is 1. The van der Waals surface area contributed by atoms with E-state index in [-0.39, 0.29) is 28.2 Å². The van der Waals surface area contributed by atoms with Gasteiger partial charge in [-0.15, -0.1) is 0 Å². The highest BCUT2D eigenvalue weighted by atomic mass is 35.5. The molecule has 0 aliphatic carbocycles. The van der Waals surface area contributed by atoms with Gasteiger partial charge in [-0.05, 0) is 43.9 Å². The molecule has 0 heterocycles. The second-order valence-corrected chi connectivity index (χ2v) is 9.41. The predicted octanol–water partition coefficient (Wildman–Crippen LogP) is 5.44. The Labute approximate surface area is 194 Å². The van der Waals surface area contributed by atoms with Gasteiger partial charge in [0.1, 0.15) is 5.75 Å². The molecule has 0 bridgehead atoms. The van der Waals surface area contributed by atoms with Crippen LogP contribution in [0.25, 0.3) is 0 Å². The minimum Gasteiger partial charge on any atom is -0.450 e. The van der Waals surface area contributed by atoms with E-state index in [9.17, 15) is 29.6 Å². The highest BCUT2D eigenvalue weighted by Crippen LogP contribution is 2.38. The number of nitro benzene ring substituents is 2. The molecule has 0 aliphatic heterocycles. The molecule has 2 aromatic carbocycles. The molecule has 0 radical (unpaired) electrons. The highest BCUT2D eigenvalue weighted by Gasteiger charge is 2.36. The first-order valence-corrected chi connectivity index (χ1v) is 11.1. The highest BCUT2D eigenvalue weighted by molar-refractivity contribution is 7.48. The lowest BCUT2D eigenvalue weighted by molar-refractivity contribution is -0.385. The zero-order chi connectivity index (χ0) is 24.9. The lowest BCUT2D eigenvalue weighted by atomic mass is 9.98. The molecule has 176 valence electrons. The number of nitro groups is 2. The molecule has 2 rings (SSSR count). The van der Waals surface area contributed by atoms with Crippen LogP contribution in [0.15, 0.2) is 30.3 Å². The van der Waals surface area contributed by atoms with Gasteiger partial charge in [0, 0.05) is 28.8 Å². The molecule has 0 amide bonds. The van der Waals surface area contributed by atoms with E-state index in [0.29, 0.717) is 5.56 Å². The van der Waals surface area contributed by atoms with Gasteiger partial charge in [-0.25, -0.2) is 0 Å². The fourth-order valence-electron chi connectivity index (χ4n) is 2.52. The number of carbonyl (C=O) groups excluding carboxylic acids is 1. The van der Waals surface area contributed by atoms with Crippen molar-refractivity contribution in [3.05, 3.63) is 61.1 Å². The summed E-state index contributed by atoms with van der Waals surface area (Å²) in [4.78, 5) is 33.3. The lowest BCUT2D eigenvalue weighted by Crippen LogP contribution is -2.23. The maximum atomic E-state index is 12.7. The van der Waals surface area contributed by atoms with E-state index < -0.39 is 47.4 Å². The number of benzene rings is 2. The van der Waals surface area contributed by atoms with Gasteiger partial charge in [-0.1, -0.05) is 23.0 Å². The molecular weight excluding hydrogens is 479 g/mol. The van der Waals surface area contributed by atoms with Crippen LogP contribution in [0.3, 0.4) is 0 Å². The summed E-state index contributed by atoms with van der Waals surface area (Å²) in [5.41, 5.74) is -1.39. The topological polar surface area (TPSA) is 148 Å². The standard InChI is InChI=1S/C20H21ClN2O9P/c1-5-12-8-15(23(27)28)18(33(29)31-11-30-19(24)20(2,3)4)10-17(12)32-16-7-6-13(21)9-14(16)22(25)26/h6-10H,5,11H2,1-4H3/q+1. The van der Waals surface area contributed by atoms with E-state index in [2.05, 4.69) is 0 Å². The summed E-state index contributed by atoms with van der Waals surface area (Å²) in [6.07, 6.45) is 0.276. The van der Waals surface area contributed by atoms with Crippen LogP contribution in [0.5, 0.6) is 11.5 Å². The first kappa shape index (κ1) is 26.1. The van der Waals surface area contributed by atoms with Crippen molar-refractivity contribution < 1.29 is 33.2 Å². The Kier molecular flexibility index (Phi) is 8.43. The third-order valence-electron chi connectivity index (χ3n) is 4.24. The molecule has 13 heteroatoms. The summed E-state index contributed by atoms with van der Waals surface area (Å²) >= 11 is 5.82. The Hall–Kier alpha value is -3.14. The maximum Gasteiger partial charge on any atom is 0.559 e. The van der Waals surface area contributed by atoms with Crippen molar-refractivity contribution in [3.63, 3.8) is 0 Å². The molecule has 0 N–H and O–H groups in total. The van der Waals surface area contributed by atoms with Crippen LogP contribution in [0, 0.1) is 25.6 Å². The monoisotopic (exact) mass is 499 g/mol. The summed E-state index contributed by atoms with van der Waals surface area (Å²) in [7, 11) is -2.83. The number of hydrogen-bond acceptors (Lipinski definition) is 9. The zero-order valence-electron chi connectivity index (χ0n) is 18.2. The Morgan fingerprint density at radius 1 is 1.06 bits per heavy atom. The number of esters is 1. The number of ether oxygens (including phenoxy) is 2. The second-order valence-electron chi connectivity index (χ2n) is 7.72. The molecule has 2 aromatic rings. The van der Waals surface area contributed by atoms with Gasteiger partial charge >= 0.3 is 30.7 Å². The number of rotatable bonds is 9. The van der Waals surface area contributed by atoms with E-state index in [4.69, 9.17) is 25.6 Å². The molecule has 0 aliphatic rings. The van der Waals surface area contributed by atoms with Gasteiger partial charge in [0.25, 0.3) is 0 Å². The summed E-state index contributed by atoms with van der Waals surface area (Å²) in [6, 6.07) is 6.05. The maximum absolute atomic E-state index is 12.7. The smallest absolute Gasteiger partial charge is 0.450 e. The van der Waals surface area contributed by atoms with E-state index in [1.54, 1.807) is 27.7 Å². The fraction of sp³-hybridized carbons (Fsp3) is 0.350. The van der Waals surface area contributed by atoms with Crippen LogP contribution in [0.4, 0.5) is 11.4 Å². The normalized spacial score (nSPS) is 11.6. The van der Waals surface area contributed by atoms with Crippen molar-refractivity contribution in [2.45, 2.75) is 34.1 Å². The first-order chi connectivity index (χ1) is 15.3. The van der Waals surface area contributed by atoms with E-state index in [1.807, 2.05) is 0 Å². The van der Waals surface area contributed by atoms with Gasteiger partial charge in [0.05, 0.1) is 15.3 Å². The van der Waals surface area contributed by atoms with Crippen LogP contribution in [0.1, 0.15) is 33.3 Å². The molecule has 0 saturated heterocycles. The average Bonchev–Trinajstić information content (AvgIpc) is 2.73. The molecule has 0 aromatic heterocycles. The van der Waals surface area contributed by atoms with Crippen LogP contribution in [0.2, 0.25) is 5.02 Å². The Morgan fingerprint density at radius 3 is 2.24 bits per heavy atom. The molecule has 1 atom stereocenters. The zero-order valence-corrected chi connectivity index (χ0v) is 19.8. The Morgan fingerprint density at radius 2 is 1.70 bits per heavy atom. The first-order valence-electron chi connectivity index (χ1n) is 9.55. The third-order valence-corrected chi connectivity index (χ3v) is 5.57. The molecule has 0 spiro atoms. The molecule has 0 fully saturated rings. The SMILES string of the molecule is CCc1cc([N+](=O)[O-])c([P+](=O)OCOC(=O)C(C)(C)C)cc1Oc1ccc(Cl)cc1[N+](=O)[O-]. The van der Waals surface area contributed by atoms with Gasteiger partial charge in [-0.3, -0.25) is 25.0 Å². The number of nitrogens with zero attached hydrogens (tertiary/aromatic N) is 2. The van der Waals surface area contributed by atoms with Crippen molar-refractivity contribution in [2.24, 2.45) is 5.41 Å². The van der Waals surface area contributed by atoms with Crippen LogP contribution in [-0.4, -0.2) is 22.6 Å². The van der Waals surface area contributed by atoms with E-state index in [0.717, 1.165) is 18.2 Å². The third kappa shape index (κ3) is 6.67. The van der Waals surface area contributed by atoms with Crippen LogP contribution < -0.4 is 10.0 Å². The minimum absolute atomic E-state index is 0.0159. The molecule has 11 nitrogen and oxygen atoms in total. The Bertz CT molecular complexity index is 1120. The average molecular weight is 500 g/mol. The van der Waals surface area contributed by atoms with Gasteiger partial charge in [0.15, 0.2) is 0 Å². The van der Waals surface area contributed by atoms with Crippen molar-refractivity contribution in [2.75, 3.05) is 6.79 Å². The quantitative estimate of drug-likeness (QED) is 0.144. The van der Waals surface area contributed by atoms with Crippen LogP contribution >= 0.6 is 19.6 Å². The Balaban J connectivity index is 2.41. The van der Waals surface area contributed by atoms with Crippen molar-refractivity contribution in [3.8, 4) is 11.5 Å². The van der Waals surface area contributed by atoms with E-state index in [1.165, 1.54) is 12.1 Å². The minimum atomic E-state index is -2.83. The molecular formula is C20H21ClN2O9P+. The summed E-state index contributed by atoms with van der Waals surface area (Å²) in [5, 5.41) is 22.7. The van der Waals surface area contributed by atoms with Crippen LogP contribution in [-0.2, 0) is 25.0 Å². The number of hydrogen-bond donors (Lipinski definition) is 0. The van der Waals surface area contributed by atoms with Crippen molar-refractivity contribution >= 4 is 42.3 Å². The predicted molar refractivity (Wildman–Crippen MR) is 119 cm³/mol. The number of halogens is 1. The van der Waals surface area contributed by atoms with Gasteiger partial charge in [0.2, 0.25) is 12.5 Å². The fourth-order valence-corrected chi connectivity index (χ4v) is 3.53. The number of carbonyl (C=O) groups is 1. The summed E-state index contributed by atoms with van der Waals surface area (Å²) in [5.74, 6) is -0.753. The molecule has 33 heavy (non-hydrogen) atoms. The van der Waals surface area contributed by atoms with Crippen molar-refractivity contribution in [1.82, 2.24) is 0 Å². The summed E-state index contributed by atoms with van der Waals surface area (Å²) < 4.78 is 28.3. The van der Waals surface area contributed by atoms with Crippen molar-refractivity contribution in [1.29, 1.82) is 0 Å². The molecule has 0 saturated carbocycles. The second kappa shape index (κ2) is 10.7. The van der Waals surface area contributed by atoms with Gasteiger partial charge in [-0.2, -0.15) is 0 Å². The van der Waals surface area contributed by atoms with E-state index >= 15 is 0 Å².